The molecule has 7 nitrogen and oxygen atoms in total. The molecule has 0 aliphatic heterocycles. The van der Waals surface area contributed by atoms with Crippen molar-refractivity contribution in [2.75, 3.05) is 24.7 Å². The van der Waals surface area contributed by atoms with Gasteiger partial charge in [-0.1, -0.05) is 50.6 Å². The monoisotopic (exact) mass is 442 g/mol. The molecule has 1 aromatic carbocycles. The molecule has 1 fully saturated rings. The van der Waals surface area contributed by atoms with Crippen LogP contribution in [0.3, 0.4) is 0 Å². The van der Waals surface area contributed by atoms with Crippen LogP contribution in [0, 0.1) is 11.8 Å². The lowest BCUT2D eigenvalue weighted by atomic mass is 9.91. The van der Waals surface area contributed by atoms with Crippen LogP contribution in [0.5, 0.6) is 11.5 Å². The molecule has 31 heavy (non-hydrogen) atoms. The minimum absolute atomic E-state index is 0.579. The van der Waals surface area contributed by atoms with E-state index in [0.29, 0.717) is 29.0 Å². The van der Waals surface area contributed by atoms with Crippen molar-refractivity contribution in [1.82, 2.24) is 14.8 Å². The van der Waals surface area contributed by atoms with E-state index in [9.17, 15) is 0 Å². The van der Waals surface area contributed by atoms with Gasteiger partial charge in [-0.3, -0.25) is 9.29 Å². The van der Waals surface area contributed by atoms with Crippen molar-refractivity contribution in [2.45, 2.75) is 39.0 Å². The van der Waals surface area contributed by atoms with Crippen LogP contribution in [0.2, 0.25) is 0 Å². The lowest BCUT2D eigenvalue weighted by Gasteiger charge is -2.19. The molecule has 4 rings (SSSR count). The highest BCUT2D eigenvalue weighted by molar-refractivity contribution is 8.00. The third-order valence-corrected chi connectivity index (χ3v) is 6.84. The predicted molar refractivity (Wildman–Crippen MR) is 124 cm³/mol. The topological polar surface area (TPSA) is 74.3 Å². The first-order chi connectivity index (χ1) is 15.2. The van der Waals surface area contributed by atoms with Crippen molar-refractivity contribution < 1.29 is 13.9 Å². The van der Waals surface area contributed by atoms with E-state index >= 15 is 0 Å². The molecule has 1 N–H and O–H groups in total. The quantitative estimate of drug-likeness (QED) is 0.313. The van der Waals surface area contributed by atoms with Crippen molar-refractivity contribution >= 4 is 17.9 Å². The number of para-hydroxylation sites is 1. The number of hydrogen-bond acceptors (Lipinski definition) is 7. The van der Waals surface area contributed by atoms with Crippen LogP contribution in [0.15, 0.2) is 41.0 Å². The van der Waals surface area contributed by atoms with Gasteiger partial charge >= 0.3 is 0 Å². The van der Waals surface area contributed by atoms with Crippen LogP contribution in [0.25, 0.3) is 17.3 Å². The van der Waals surface area contributed by atoms with E-state index in [4.69, 9.17) is 13.9 Å². The van der Waals surface area contributed by atoms with E-state index in [2.05, 4.69) is 21.8 Å². The van der Waals surface area contributed by atoms with Gasteiger partial charge in [-0.05, 0) is 42.5 Å². The Morgan fingerprint density at radius 2 is 1.87 bits per heavy atom. The van der Waals surface area contributed by atoms with Crippen molar-refractivity contribution in [3.63, 3.8) is 0 Å². The standard InChI is InChI=1S/C23H30N4O3S/c1-16(17-8-4-5-9-17)13-15-31-26-23-25-24-22(20-12-7-14-30-20)27(23)21-18(28-2)10-6-11-19(21)29-3/h6-7,10-12,14,16-17H,4-5,8-9,13,15H2,1-3H3,(H,25,26). The van der Waals surface area contributed by atoms with Crippen molar-refractivity contribution in [3.8, 4) is 28.8 Å². The summed E-state index contributed by atoms with van der Waals surface area (Å²) < 4.78 is 22.2. The van der Waals surface area contributed by atoms with Gasteiger partial charge in [0.2, 0.25) is 11.8 Å². The maximum atomic E-state index is 5.63. The molecule has 0 spiro atoms. The Balaban J connectivity index is 1.58. The number of aromatic nitrogens is 3. The molecule has 1 aliphatic carbocycles. The molecule has 0 bridgehead atoms. The normalized spacial score (nSPS) is 15.2. The van der Waals surface area contributed by atoms with Crippen molar-refractivity contribution in [2.24, 2.45) is 11.8 Å². The molecule has 1 unspecified atom stereocenters. The highest BCUT2D eigenvalue weighted by atomic mass is 32.2. The molecule has 2 heterocycles. The summed E-state index contributed by atoms with van der Waals surface area (Å²) in [6.45, 7) is 2.38. The molecular formula is C23H30N4O3S. The molecule has 1 atom stereocenters. The van der Waals surface area contributed by atoms with Crippen LogP contribution < -0.4 is 14.2 Å². The summed E-state index contributed by atoms with van der Waals surface area (Å²) in [6, 6.07) is 9.38. The number of benzene rings is 1. The van der Waals surface area contributed by atoms with E-state index in [1.165, 1.54) is 32.1 Å². The van der Waals surface area contributed by atoms with Gasteiger partial charge in [0.1, 0.15) is 17.2 Å². The fourth-order valence-electron chi connectivity index (χ4n) is 4.30. The Morgan fingerprint density at radius 3 is 2.52 bits per heavy atom. The van der Waals surface area contributed by atoms with Gasteiger partial charge in [-0.25, -0.2) is 0 Å². The van der Waals surface area contributed by atoms with Crippen LogP contribution in [-0.4, -0.2) is 34.7 Å². The summed E-state index contributed by atoms with van der Waals surface area (Å²) in [4.78, 5) is 0. The zero-order valence-corrected chi connectivity index (χ0v) is 19.2. The minimum Gasteiger partial charge on any atom is -0.494 e. The number of ether oxygens (including phenoxy) is 2. The molecule has 0 amide bonds. The van der Waals surface area contributed by atoms with Crippen LogP contribution in [0.1, 0.15) is 39.0 Å². The molecule has 1 aliphatic rings. The first-order valence-corrected chi connectivity index (χ1v) is 11.8. The van der Waals surface area contributed by atoms with Crippen molar-refractivity contribution in [1.29, 1.82) is 0 Å². The minimum atomic E-state index is 0.579. The predicted octanol–water partition coefficient (Wildman–Crippen LogP) is 5.82. The van der Waals surface area contributed by atoms with Crippen LogP contribution in [-0.2, 0) is 0 Å². The Labute approximate surface area is 187 Å². The smallest absolute Gasteiger partial charge is 0.239 e. The highest BCUT2D eigenvalue weighted by Gasteiger charge is 2.24. The number of nitrogens with zero attached hydrogens (tertiary/aromatic N) is 3. The summed E-state index contributed by atoms with van der Waals surface area (Å²) in [5.74, 6) is 5.76. The molecule has 166 valence electrons. The number of hydrogen-bond donors (Lipinski definition) is 1. The Hall–Kier alpha value is -2.61. The third kappa shape index (κ3) is 4.69. The summed E-state index contributed by atoms with van der Waals surface area (Å²) >= 11 is 1.65. The largest absolute Gasteiger partial charge is 0.494 e. The number of methoxy groups -OCH3 is 2. The summed E-state index contributed by atoms with van der Waals surface area (Å²) in [7, 11) is 3.28. The number of furan rings is 1. The molecule has 0 saturated heterocycles. The second-order valence-corrected chi connectivity index (χ2v) is 8.83. The van der Waals surface area contributed by atoms with Gasteiger partial charge in [0.25, 0.3) is 0 Å². The summed E-state index contributed by atoms with van der Waals surface area (Å²) in [6.07, 6.45) is 8.35. The summed E-state index contributed by atoms with van der Waals surface area (Å²) in [5.41, 5.74) is 0.728. The number of nitrogens with one attached hydrogen (secondary N) is 1. The molecule has 1 saturated carbocycles. The maximum Gasteiger partial charge on any atom is 0.239 e. The van der Waals surface area contributed by atoms with E-state index in [0.717, 1.165) is 23.3 Å². The number of rotatable bonds is 10. The molecule has 3 aromatic rings. The van der Waals surface area contributed by atoms with E-state index in [1.54, 1.807) is 32.4 Å². The maximum absolute atomic E-state index is 5.63. The second-order valence-electron chi connectivity index (χ2n) is 7.93. The van der Waals surface area contributed by atoms with Crippen LogP contribution in [0.4, 0.5) is 5.95 Å². The first kappa shape index (κ1) is 21.6. The van der Waals surface area contributed by atoms with Gasteiger partial charge in [0.05, 0.1) is 20.5 Å². The molecule has 8 heteroatoms. The summed E-state index contributed by atoms with van der Waals surface area (Å²) in [5, 5.41) is 8.80. The Kier molecular flexibility index (Phi) is 7.06. The molecule has 2 aromatic heterocycles. The average Bonchev–Trinajstić information content (AvgIpc) is 3.57. The SMILES string of the molecule is COc1cccc(OC)c1-n1c(NSCCC(C)C2CCCC2)nnc1-c1ccco1. The lowest BCUT2D eigenvalue weighted by molar-refractivity contribution is 0.359. The number of anilines is 1. The second kappa shape index (κ2) is 10.1. The Bertz CT molecular complexity index is 945. The van der Waals surface area contributed by atoms with Crippen LogP contribution >= 0.6 is 11.9 Å². The zero-order chi connectivity index (χ0) is 21.6. The third-order valence-electron chi connectivity index (χ3n) is 6.07. The highest BCUT2D eigenvalue weighted by Crippen LogP contribution is 2.38. The molecule has 0 radical (unpaired) electrons. The fraction of sp³-hybridized carbons (Fsp3) is 0.478. The van der Waals surface area contributed by atoms with Crippen molar-refractivity contribution in [3.05, 3.63) is 36.6 Å². The van der Waals surface area contributed by atoms with Gasteiger partial charge in [0.15, 0.2) is 5.76 Å². The van der Waals surface area contributed by atoms with Gasteiger partial charge < -0.3 is 13.9 Å². The van der Waals surface area contributed by atoms with E-state index in [1.807, 2.05) is 34.9 Å². The van der Waals surface area contributed by atoms with Gasteiger partial charge in [0, 0.05) is 5.75 Å². The lowest BCUT2D eigenvalue weighted by Crippen LogP contribution is -2.10. The Morgan fingerprint density at radius 1 is 1.13 bits per heavy atom. The van der Waals surface area contributed by atoms with Gasteiger partial charge in [-0.2, -0.15) is 0 Å². The first-order valence-electron chi connectivity index (χ1n) is 10.8. The van der Waals surface area contributed by atoms with E-state index < -0.39 is 0 Å². The average molecular weight is 443 g/mol. The fourth-order valence-corrected chi connectivity index (χ4v) is 5.16. The zero-order valence-electron chi connectivity index (χ0n) is 18.3. The van der Waals surface area contributed by atoms with Gasteiger partial charge in [-0.15, -0.1) is 10.2 Å². The van der Waals surface area contributed by atoms with E-state index in [-0.39, 0.29) is 0 Å². The molecular weight excluding hydrogens is 412 g/mol.